The fourth-order valence-electron chi connectivity index (χ4n) is 3.87. The van der Waals surface area contributed by atoms with Crippen molar-refractivity contribution in [2.75, 3.05) is 26.7 Å². The van der Waals surface area contributed by atoms with Crippen LogP contribution in [-0.4, -0.2) is 43.7 Å². The van der Waals surface area contributed by atoms with E-state index in [1.165, 1.54) is 11.1 Å². The van der Waals surface area contributed by atoms with Gasteiger partial charge in [0, 0.05) is 26.1 Å². The number of ether oxygens (including phenoxy) is 1. The van der Waals surface area contributed by atoms with Crippen molar-refractivity contribution in [3.63, 3.8) is 0 Å². The fourth-order valence-corrected chi connectivity index (χ4v) is 3.87. The standard InChI is InChI=1S/C18H26N2O2/c1-13-4-3-5-14(8-13)10-20-7-6-16-15(11-20)12-22-17(16)9-18(21)19-2/h3-5,8,15-17H,6-7,9-12H2,1-2H3,(H,19,21)/t15-,16-,17+/m1/s1. The summed E-state index contributed by atoms with van der Waals surface area (Å²) in [6.07, 6.45) is 1.76. The number of rotatable bonds is 4. The second-order valence-corrected chi connectivity index (χ2v) is 6.69. The zero-order chi connectivity index (χ0) is 15.5. The highest BCUT2D eigenvalue weighted by molar-refractivity contribution is 5.76. The number of carbonyl (C=O) groups is 1. The van der Waals surface area contributed by atoms with Crippen LogP contribution < -0.4 is 5.32 Å². The van der Waals surface area contributed by atoms with Gasteiger partial charge in [0.1, 0.15) is 0 Å². The van der Waals surface area contributed by atoms with Crippen molar-refractivity contribution < 1.29 is 9.53 Å². The van der Waals surface area contributed by atoms with Crippen molar-refractivity contribution in [1.29, 1.82) is 0 Å². The van der Waals surface area contributed by atoms with E-state index in [0.29, 0.717) is 18.3 Å². The summed E-state index contributed by atoms with van der Waals surface area (Å²) in [5.74, 6) is 1.21. The lowest BCUT2D eigenvalue weighted by Crippen LogP contribution is -2.41. The molecule has 2 fully saturated rings. The fraction of sp³-hybridized carbons (Fsp3) is 0.611. The van der Waals surface area contributed by atoms with Gasteiger partial charge in [-0.15, -0.1) is 0 Å². The molecule has 4 heteroatoms. The lowest BCUT2D eigenvalue weighted by molar-refractivity contribution is -0.123. The molecule has 120 valence electrons. The van der Waals surface area contributed by atoms with Crippen LogP contribution in [0.3, 0.4) is 0 Å². The minimum Gasteiger partial charge on any atom is -0.377 e. The summed E-state index contributed by atoms with van der Waals surface area (Å²) in [5, 5.41) is 2.70. The highest BCUT2D eigenvalue weighted by Gasteiger charge is 2.41. The minimum atomic E-state index is 0.0906. The first-order valence-corrected chi connectivity index (χ1v) is 8.26. The van der Waals surface area contributed by atoms with Crippen molar-refractivity contribution in [1.82, 2.24) is 10.2 Å². The molecule has 0 unspecified atom stereocenters. The molecular weight excluding hydrogens is 276 g/mol. The molecule has 0 spiro atoms. The van der Waals surface area contributed by atoms with Crippen LogP contribution in [0, 0.1) is 18.8 Å². The van der Waals surface area contributed by atoms with Crippen molar-refractivity contribution in [2.45, 2.75) is 32.4 Å². The maximum atomic E-state index is 11.6. The van der Waals surface area contributed by atoms with E-state index < -0.39 is 0 Å². The number of nitrogens with one attached hydrogen (secondary N) is 1. The molecule has 1 aromatic rings. The molecular formula is C18H26N2O2. The van der Waals surface area contributed by atoms with E-state index in [0.717, 1.165) is 32.7 Å². The van der Waals surface area contributed by atoms with Gasteiger partial charge in [0.15, 0.2) is 0 Å². The summed E-state index contributed by atoms with van der Waals surface area (Å²) in [6, 6.07) is 8.75. The Balaban J connectivity index is 1.56. The van der Waals surface area contributed by atoms with Gasteiger partial charge in [0.25, 0.3) is 0 Å². The molecule has 2 aliphatic rings. The number of hydrogen-bond acceptors (Lipinski definition) is 3. The highest BCUT2D eigenvalue weighted by atomic mass is 16.5. The van der Waals surface area contributed by atoms with Crippen LogP contribution in [-0.2, 0) is 16.1 Å². The average Bonchev–Trinajstić information content (AvgIpc) is 2.89. The summed E-state index contributed by atoms with van der Waals surface area (Å²) < 4.78 is 5.90. The molecule has 1 aromatic carbocycles. The number of aryl methyl sites for hydroxylation is 1. The van der Waals surface area contributed by atoms with Gasteiger partial charge >= 0.3 is 0 Å². The molecule has 3 rings (SSSR count). The number of fused-ring (bicyclic) bond motifs is 1. The second kappa shape index (κ2) is 6.80. The normalized spacial score (nSPS) is 28.4. The van der Waals surface area contributed by atoms with Gasteiger partial charge in [-0.25, -0.2) is 0 Å². The van der Waals surface area contributed by atoms with Gasteiger partial charge in [-0.3, -0.25) is 9.69 Å². The third-order valence-corrected chi connectivity index (χ3v) is 5.03. The molecule has 3 atom stereocenters. The number of likely N-dealkylation sites (tertiary alicyclic amines) is 1. The van der Waals surface area contributed by atoms with Crippen LogP contribution in [0.4, 0.5) is 0 Å². The van der Waals surface area contributed by atoms with Crippen molar-refractivity contribution in [3.05, 3.63) is 35.4 Å². The lowest BCUT2D eigenvalue weighted by atomic mass is 9.83. The van der Waals surface area contributed by atoms with Crippen molar-refractivity contribution >= 4 is 5.91 Å². The van der Waals surface area contributed by atoms with Crippen LogP contribution in [0.5, 0.6) is 0 Å². The first-order valence-electron chi connectivity index (χ1n) is 8.26. The maximum Gasteiger partial charge on any atom is 0.222 e. The highest BCUT2D eigenvalue weighted by Crippen LogP contribution is 2.36. The predicted octanol–water partition coefficient (Wildman–Crippen LogP) is 1.97. The van der Waals surface area contributed by atoms with E-state index in [1.54, 1.807) is 7.05 Å². The zero-order valence-electron chi connectivity index (χ0n) is 13.5. The maximum absolute atomic E-state index is 11.6. The Bertz CT molecular complexity index is 532. The summed E-state index contributed by atoms with van der Waals surface area (Å²) in [6.45, 7) is 6.15. The van der Waals surface area contributed by atoms with Crippen LogP contribution in [0.2, 0.25) is 0 Å². The third kappa shape index (κ3) is 3.50. The van der Waals surface area contributed by atoms with Gasteiger partial charge in [-0.05, 0) is 31.4 Å². The second-order valence-electron chi connectivity index (χ2n) is 6.69. The number of benzene rings is 1. The number of carbonyl (C=O) groups excluding carboxylic acids is 1. The summed E-state index contributed by atoms with van der Waals surface area (Å²) in [5.41, 5.74) is 2.71. The van der Waals surface area contributed by atoms with Gasteiger partial charge in [-0.1, -0.05) is 29.8 Å². The smallest absolute Gasteiger partial charge is 0.222 e. The van der Waals surface area contributed by atoms with Gasteiger partial charge in [0.2, 0.25) is 5.91 Å². The number of nitrogens with zero attached hydrogens (tertiary/aromatic N) is 1. The van der Waals surface area contributed by atoms with Crippen LogP contribution in [0.15, 0.2) is 24.3 Å². The van der Waals surface area contributed by atoms with Crippen LogP contribution >= 0.6 is 0 Å². The summed E-state index contributed by atoms with van der Waals surface area (Å²) in [4.78, 5) is 14.1. The summed E-state index contributed by atoms with van der Waals surface area (Å²) >= 11 is 0. The first kappa shape index (κ1) is 15.5. The molecule has 0 aliphatic carbocycles. The lowest BCUT2D eigenvalue weighted by Gasteiger charge is -2.35. The Morgan fingerprint density at radius 1 is 1.45 bits per heavy atom. The molecule has 2 aliphatic heterocycles. The van der Waals surface area contributed by atoms with E-state index in [9.17, 15) is 4.79 Å². The third-order valence-electron chi connectivity index (χ3n) is 5.03. The monoisotopic (exact) mass is 302 g/mol. The molecule has 2 saturated heterocycles. The van der Waals surface area contributed by atoms with E-state index in [-0.39, 0.29) is 12.0 Å². The SMILES string of the molecule is CNC(=O)C[C@@H]1OC[C@H]2CN(Cc3cccc(C)c3)CC[C@H]21. The zero-order valence-corrected chi connectivity index (χ0v) is 13.5. The largest absolute Gasteiger partial charge is 0.377 e. The molecule has 1 amide bonds. The predicted molar refractivity (Wildman–Crippen MR) is 86.5 cm³/mol. The van der Waals surface area contributed by atoms with Gasteiger partial charge in [-0.2, -0.15) is 0 Å². The van der Waals surface area contributed by atoms with Gasteiger partial charge in [0.05, 0.1) is 19.1 Å². The van der Waals surface area contributed by atoms with Crippen molar-refractivity contribution in [3.8, 4) is 0 Å². The Labute approximate surface area is 132 Å². The van der Waals surface area contributed by atoms with Crippen molar-refractivity contribution in [2.24, 2.45) is 11.8 Å². The number of piperidine rings is 1. The Morgan fingerprint density at radius 3 is 3.09 bits per heavy atom. The molecule has 2 heterocycles. The number of hydrogen-bond donors (Lipinski definition) is 1. The molecule has 1 N–H and O–H groups in total. The van der Waals surface area contributed by atoms with E-state index in [4.69, 9.17) is 4.74 Å². The minimum absolute atomic E-state index is 0.0906. The molecule has 0 aromatic heterocycles. The van der Waals surface area contributed by atoms with Gasteiger partial charge < -0.3 is 10.1 Å². The molecule has 22 heavy (non-hydrogen) atoms. The van der Waals surface area contributed by atoms with E-state index in [2.05, 4.69) is 41.4 Å². The summed E-state index contributed by atoms with van der Waals surface area (Å²) in [7, 11) is 1.69. The van der Waals surface area contributed by atoms with E-state index >= 15 is 0 Å². The van der Waals surface area contributed by atoms with E-state index in [1.807, 2.05) is 0 Å². The molecule has 0 radical (unpaired) electrons. The molecule has 0 bridgehead atoms. The first-order chi connectivity index (χ1) is 10.7. The Morgan fingerprint density at radius 2 is 2.32 bits per heavy atom. The van der Waals surface area contributed by atoms with Crippen LogP contribution in [0.1, 0.15) is 24.0 Å². The average molecular weight is 302 g/mol. The Hall–Kier alpha value is -1.39. The van der Waals surface area contributed by atoms with Crippen LogP contribution in [0.25, 0.3) is 0 Å². The molecule has 4 nitrogen and oxygen atoms in total. The quantitative estimate of drug-likeness (QED) is 0.924. The Kier molecular flexibility index (Phi) is 4.79. The molecule has 0 saturated carbocycles. The topological polar surface area (TPSA) is 41.6 Å². The number of amides is 1.